The van der Waals surface area contributed by atoms with Gasteiger partial charge in [0, 0.05) is 261 Å². The van der Waals surface area contributed by atoms with Gasteiger partial charge >= 0.3 is 0 Å². The third-order valence-corrected chi connectivity index (χ3v) is 36.7. The van der Waals surface area contributed by atoms with Crippen molar-refractivity contribution >= 4 is 143 Å². The monoisotopic (exact) mass is 2080 g/mol. The summed E-state index contributed by atoms with van der Waals surface area (Å²) in [6.07, 6.45) is 42.5. The number of aromatic nitrogens is 15. The number of carbonyl (C=O) groups is 1. The number of rotatable bonds is 19. The number of ether oxygens (including phenoxy) is 5. The van der Waals surface area contributed by atoms with Crippen molar-refractivity contribution in [2.24, 2.45) is 21.8 Å². The summed E-state index contributed by atoms with van der Waals surface area (Å²) >= 11 is 0. The quantitative estimate of drug-likeness (QED) is 0.0725. The van der Waals surface area contributed by atoms with Crippen LogP contribution in [0.3, 0.4) is 0 Å². The highest BCUT2D eigenvalue weighted by Crippen LogP contribution is 2.41. The summed E-state index contributed by atoms with van der Waals surface area (Å²) < 4.78 is 115. The van der Waals surface area contributed by atoms with Crippen LogP contribution in [0.1, 0.15) is 131 Å². The van der Waals surface area contributed by atoms with Gasteiger partial charge in [-0.3, -0.25) is 29.7 Å². The van der Waals surface area contributed by atoms with E-state index < -0.39 is 48.6 Å². The first-order chi connectivity index (χ1) is 70.3. The smallest absolute Gasteiger partial charge is 0.219 e. The zero-order valence-electron chi connectivity index (χ0n) is 85.1. The van der Waals surface area contributed by atoms with E-state index in [1.54, 1.807) is 67.8 Å². The van der Waals surface area contributed by atoms with Gasteiger partial charge in [-0.1, -0.05) is 81.5 Å². The molecular weight excluding hydrogens is 1950 g/mol. The molecule has 6 saturated heterocycles. The van der Waals surface area contributed by atoms with Gasteiger partial charge in [0.25, 0.3) is 0 Å². The van der Waals surface area contributed by atoms with Crippen LogP contribution in [-0.4, -0.2) is 308 Å². The summed E-state index contributed by atoms with van der Waals surface area (Å²) in [6, 6.07) is 19.8. The Morgan fingerprint density at radius 3 is 0.829 bits per heavy atom. The Morgan fingerprint density at radius 2 is 0.596 bits per heavy atom. The fraction of sp³-hybridized carbons (Fsp3) is 0.462. The van der Waals surface area contributed by atoms with Crippen molar-refractivity contribution in [3.8, 4) is 56.9 Å². The van der Waals surface area contributed by atoms with Crippen LogP contribution in [0.2, 0.25) is 0 Å². The van der Waals surface area contributed by atoms with Crippen LogP contribution < -0.4 is 24.5 Å². The molecule has 1 amide bonds. The van der Waals surface area contributed by atoms with Crippen LogP contribution in [0.4, 0.5) is 58.2 Å². The maximum absolute atomic E-state index is 13.5. The molecule has 146 heavy (non-hydrogen) atoms. The molecule has 6 aliphatic carbocycles. The van der Waals surface area contributed by atoms with Crippen molar-refractivity contribution in [2.45, 2.75) is 143 Å². The van der Waals surface area contributed by atoms with Crippen LogP contribution in [0.25, 0.3) is 87.3 Å². The van der Waals surface area contributed by atoms with Crippen LogP contribution in [-0.2, 0) is 109 Å². The third-order valence-electron chi connectivity index (χ3n) is 27.3. The van der Waals surface area contributed by atoms with Gasteiger partial charge in [0.15, 0.2) is 58.2 Å². The number of nitrogens with zero attached hydrogens (tertiary/aromatic N) is 26. The molecule has 10 aromatic rings. The number of morpholine rings is 5. The van der Waals surface area contributed by atoms with Crippen molar-refractivity contribution in [2.75, 3.05) is 190 Å². The lowest BCUT2D eigenvalue weighted by atomic mass is 10.1. The van der Waals surface area contributed by atoms with Gasteiger partial charge in [-0.05, 0) is 77.8 Å². The highest BCUT2D eigenvalue weighted by molar-refractivity contribution is 7.94. The first-order valence-corrected chi connectivity index (χ1v) is 60.1. The molecule has 10 aromatic heterocycles. The highest BCUT2D eigenvalue weighted by Gasteiger charge is 2.35. The van der Waals surface area contributed by atoms with Gasteiger partial charge in [-0.15, -0.1) is 0 Å². The molecule has 770 valence electrons. The number of allylic oxidation sites excluding steroid dienone is 5. The van der Waals surface area contributed by atoms with Crippen molar-refractivity contribution in [1.82, 2.24) is 79.7 Å². The van der Waals surface area contributed by atoms with Crippen LogP contribution in [0.15, 0.2) is 144 Å². The van der Waals surface area contributed by atoms with E-state index in [1.807, 2.05) is 81.4 Å². The number of carbonyl (C=O) groups excluding carboxylic acids is 1. The highest BCUT2D eigenvalue weighted by atomic mass is 32.2. The molecule has 9 atom stereocenters. The summed E-state index contributed by atoms with van der Waals surface area (Å²) in [5.74, 6) is 11.3. The SMILES string of the molecule is CC(=O)N1CCS(=O)(=Nc2cc(N3CCOC[C@H]3C)nc(-c3ccnc4c3C=CC4)n2)CC1.CCS(C)(=O)=Nc1cc(N2CCOC[C@H]2C)nc(-c2ccnc3c2C=CC3)n1.CC[S@@](C)(=O)=Nc1cc(N2CCOC[C@H]2C)nc(-c2ccnc3c2C=CC3)n1.CC[S@](C)(=O)=Nc1cc(N2CCOC[C@H]2C)nc(-c2ccnc3c2C=CC3)n1.C[C@@H]1COCCN1c1cc(N=S(C)(=O)C2CC2)nc(-c2ccnc3c2C=CC3)n1. The minimum absolute atomic E-state index is 0.00367. The minimum Gasteiger partial charge on any atom is -0.377 e. The maximum Gasteiger partial charge on any atom is 0.219 e. The summed E-state index contributed by atoms with van der Waals surface area (Å²) in [5, 5.41) is 0.180. The van der Waals surface area contributed by atoms with Gasteiger partial charge in [-0.25, -0.2) is 70.9 Å². The molecule has 37 nitrogen and oxygen atoms in total. The average Bonchev–Trinajstić information content (AvgIpc) is 1.54. The van der Waals surface area contributed by atoms with Crippen molar-refractivity contribution in [3.05, 3.63) is 178 Å². The Balaban J connectivity index is 0.000000120. The van der Waals surface area contributed by atoms with Gasteiger partial charge in [0.1, 0.15) is 29.1 Å². The first-order valence-electron chi connectivity index (χ1n) is 50.0. The standard InChI is InChI=1S/C23H28N6O3S.C21H25N5O2S.3C20H25N5O2S/c1-16-15-32-11-8-29(16)22-14-21(27-33(31)12-9-28(10-13-33)17(2)30)25-23(26-22)19-6-7-24-20-5-3-4-18(19)20;1-14-13-28-11-10-26(14)20-12-19(25-29(2,27)15-6-7-15)23-21(24-20)17-8-9-22-18-5-3-4-16(17)18;3*1-4-28(3,26)24-18-12-19(25-10-11-27-13-14(25)2)23-20(22-18)16-8-9-21-17-7-5-6-15(16)17/h3-4,6-7,14,16H,5,8-13,15H2,1-2H3;3-4,8-9,12,14-15H,5-7,10-11,13H2,1-2H3;3*5-6,8-9,12,14H,4,7,10-11,13H2,1-3H3/t16-;14-,29?;14-,28?;14-,28+;14-,28-/m11111/s1. The normalized spacial score (nSPS) is 21.4. The van der Waals surface area contributed by atoms with E-state index in [0.717, 1.165) is 184 Å². The van der Waals surface area contributed by atoms with Crippen molar-refractivity contribution in [1.29, 1.82) is 0 Å². The lowest BCUT2D eigenvalue weighted by Crippen LogP contribution is -2.44. The number of fused-ring (bicyclic) bond motifs is 5. The van der Waals surface area contributed by atoms with E-state index in [0.29, 0.717) is 173 Å². The van der Waals surface area contributed by atoms with E-state index in [9.17, 15) is 25.8 Å². The van der Waals surface area contributed by atoms with E-state index in [-0.39, 0.29) is 41.4 Å². The van der Waals surface area contributed by atoms with Gasteiger partial charge in [0.2, 0.25) is 5.91 Å². The van der Waals surface area contributed by atoms with E-state index in [1.165, 1.54) is 0 Å². The van der Waals surface area contributed by atoms with E-state index >= 15 is 0 Å². The maximum atomic E-state index is 13.5. The Kier molecular flexibility index (Phi) is 32.2. The van der Waals surface area contributed by atoms with Gasteiger partial charge in [-0.2, -0.15) is 21.8 Å². The molecule has 1 saturated carbocycles. The predicted molar refractivity (Wildman–Crippen MR) is 580 cm³/mol. The molecule has 0 aromatic carbocycles. The minimum atomic E-state index is -2.51. The number of amides is 1. The first kappa shape index (κ1) is 104. The summed E-state index contributed by atoms with van der Waals surface area (Å²) in [7, 11) is -11.8. The number of pyridine rings is 5. The van der Waals surface area contributed by atoms with E-state index in [2.05, 4.69) is 182 Å². The molecule has 16 heterocycles. The number of anilines is 5. The van der Waals surface area contributed by atoms with Crippen LogP contribution >= 0.6 is 0 Å². The number of hydrogen-bond donors (Lipinski definition) is 0. The molecule has 42 heteroatoms. The molecule has 0 N–H and O–H groups in total. The van der Waals surface area contributed by atoms with Crippen LogP contribution in [0.5, 0.6) is 0 Å². The lowest BCUT2D eigenvalue weighted by molar-refractivity contribution is -0.128. The molecule has 0 bridgehead atoms. The molecule has 0 radical (unpaired) electrons. The predicted octanol–water partition coefficient (Wildman–Crippen LogP) is 14.8. The van der Waals surface area contributed by atoms with Crippen molar-refractivity contribution in [3.63, 3.8) is 0 Å². The summed E-state index contributed by atoms with van der Waals surface area (Å²) in [4.78, 5) is 94.5. The molecule has 0 spiro atoms. The van der Waals surface area contributed by atoms with Crippen molar-refractivity contribution < 1.29 is 49.5 Å². The molecule has 12 aliphatic rings. The Bertz CT molecular complexity index is 7070. The zero-order chi connectivity index (χ0) is 102. The fourth-order valence-corrected chi connectivity index (χ4v) is 23.9. The molecule has 7 fully saturated rings. The Hall–Kier alpha value is -12.1. The largest absolute Gasteiger partial charge is 0.377 e. The molecule has 6 aliphatic heterocycles. The second-order valence-corrected chi connectivity index (χ2v) is 51.4. The van der Waals surface area contributed by atoms with Gasteiger partial charge in [0.05, 0.1) is 173 Å². The summed E-state index contributed by atoms with van der Waals surface area (Å²) in [5.41, 5.74) is 15.0. The van der Waals surface area contributed by atoms with Gasteiger partial charge < -0.3 is 53.1 Å². The average molecular weight is 2080 g/mol. The summed E-state index contributed by atoms with van der Waals surface area (Å²) in [6.45, 7) is 28.8. The Morgan fingerprint density at radius 1 is 0.356 bits per heavy atom. The zero-order valence-corrected chi connectivity index (χ0v) is 89.1. The third kappa shape index (κ3) is 24.8. The molecular formula is C104H128N26O11S5. The molecule has 2 unspecified atom stereocenters. The van der Waals surface area contributed by atoms with E-state index in [4.69, 9.17) is 58.6 Å². The topological polar surface area (TPSA) is 423 Å². The molecule has 22 rings (SSSR count). The Labute approximate surface area is 856 Å². The fourth-order valence-electron chi connectivity index (χ4n) is 18.6. The number of hydrogen-bond acceptors (Lipinski definition) is 36. The lowest BCUT2D eigenvalue weighted by Gasteiger charge is -2.34. The second-order valence-electron chi connectivity index (χ2n) is 38.2. The van der Waals surface area contributed by atoms with Crippen LogP contribution in [0, 0.1) is 0 Å². The second kappa shape index (κ2) is 45.3.